The molecule has 0 aromatic heterocycles. The molecule has 1 aliphatic heterocycles. The summed E-state index contributed by atoms with van der Waals surface area (Å²) < 4.78 is 4.83. The number of aryl methyl sites for hydroxylation is 1. The average Bonchev–Trinajstić information content (AvgIpc) is 2.53. The standard InChI is InChI=1S/C12H8S.C7H7.Bi/c1-3-7-11(8-4-1)13-12-9-5-2-6-10-12;1-7-5-3-2-4-6-7;/h1-7,9H;3-6H,1H3;. The second-order valence-corrected chi connectivity index (χ2v) is 14.7. The maximum absolute atomic E-state index is 2.36. The van der Waals surface area contributed by atoms with Crippen LogP contribution in [0.4, 0.5) is 0 Å². The molecule has 0 aliphatic carbocycles. The first-order valence-corrected chi connectivity index (χ1v) is 13.1. The number of hydrogen-bond donors (Lipinski definition) is 0. The second kappa shape index (κ2) is 5.59. The van der Waals surface area contributed by atoms with Gasteiger partial charge in [-0.25, -0.2) is 0 Å². The van der Waals surface area contributed by atoms with Crippen LogP contribution >= 0.6 is 11.8 Å². The molecule has 21 heavy (non-hydrogen) atoms. The zero-order chi connectivity index (χ0) is 14.2. The van der Waals surface area contributed by atoms with Gasteiger partial charge >= 0.3 is 138 Å². The van der Waals surface area contributed by atoms with E-state index in [0.717, 1.165) is 0 Å². The summed E-state index contributed by atoms with van der Waals surface area (Å²) in [6.45, 7) is 2.16. The topological polar surface area (TPSA) is 0 Å². The first-order valence-electron chi connectivity index (χ1n) is 7.06. The van der Waals surface area contributed by atoms with Crippen molar-refractivity contribution in [2.24, 2.45) is 0 Å². The van der Waals surface area contributed by atoms with Crippen molar-refractivity contribution in [3.8, 4) is 0 Å². The Morgan fingerprint density at radius 3 is 1.76 bits per heavy atom. The van der Waals surface area contributed by atoms with Gasteiger partial charge in [-0.1, -0.05) is 0 Å². The van der Waals surface area contributed by atoms with Crippen LogP contribution in [0.25, 0.3) is 0 Å². The molecule has 4 rings (SSSR count). The number of rotatable bonds is 1. The van der Waals surface area contributed by atoms with Gasteiger partial charge in [0.2, 0.25) is 0 Å². The summed E-state index contributed by atoms with van der Waals surface area (Å²) in [5.41, 5.74) is 1.34. The molecule has 0 N–H and O–H groups in total. The van der Waals surface area contributed by atoms with Crippen molar-refractivity contribution < 1.29 is 0 Å². The van der Waals surface area contributed by atoms with Gasteiger partial charge in [-0.05, 0) is 0 Å². The predicted octanol–water partition coefficient (Wildman–Crippen LogP) is 2.98. The Kier molecular flexibility index (Phi) is 3.61. The Bertz CT molecular complexity index is 747. The van der Waals surface area contributed by atoms with Crippen LogP contribution < -0.4 is 9.81 Å². The van der Waals surface area contributed by atoms with Crippen LogP contribution in [-0.4, -0.2) is 21.8 Å². The average molecular weight is 484 g/mol. The molecule has 0 unspecified atom stereocenters. The zero-order valence-corrected chi connectivity index (χ0v) is 16.1. The van der Waals surface area contributed by atoms with Crippen molar-refractivity contribution in [1.82, 2.24) is 0 Å². The van der Waals surface area contributed by atoms with Gasteiger partial charge in [-0.15, -0.1) is 0 Å². The van der Waals surface area contributed by atoms with Crippen LogP contribution in [0.3, 0.4) is 0 Å². The molecule has 0 bridgehead atoms. The molecule has 0 fully saturated rings. The Morgan fingerprint density at radius 1 is 0.667 bits per heavy atom. The number of hydrogen-bond acceptors (Lipinski definition) is 1. The first-order chi connectivity index (χ1) is 10.3. The van der Waals surface area contributed by atoms with Crippen molar-refractivity contribution in [3.05, 3.63) is 78.4 Å². The molecule has 2 heteroatoms. The Labute approximate surface area is 137 Å². The summed E-state index contributed by atoms with van der Waals surface area (Å²) in [4.78, 5) is 2.93. The first kappa shape index (κ1) is 13.5. The van der Waals surface area contributed by atoms with Crippen LogP contribution in [0, 0.1) is 6.92 Å². The predicted molar refractivity (Wildman–Crippen MR) is 92.8 cm³/mol. The molecule has 1 heterocycles. The fraction of sp³-hybridized carbons (Fsp3) is 0.0526. The minimum atomic E-state index is -2.10. The SMILES string of the molecule is Cc1cc[c]([Bi]2[c]3ccccc3Sc3cccc[c]32)cc1. The summed E-state index contributed by atoms with van der Waals surface area (Å²) >= 11 is -0.165. The summed E-state index contributed by atoms with van der Waals surface area (Å²) in [5.74, 6) is 0. The Balaban J connectivity index is 1.95. The molecule has 0 saturated heterocycles. The van der Waals surface area contributed by atoms with E-state index in [1.165, 1.54) is 15.4 Å². The molecular weight excluding hydrogens is 469 g/mol. The third kappa shape index (κ3) is 2.45. The van der Waals surface area contributed by atoms with Crippen LogP contribution in [0.15, 0.2) is 82.6 Å². The molecule has 1 aliphatic rings. The molecule has 0 spiro atoms. The number of benzene rings is 3. The van der Waals surface area contributed by atoms with E-state index in [2.05, 4.69) is 79.7 Å². The normalized spacial score (nSPS) is 13.6. The van der Waals surface area contributed by atoms with Gasteiger partial charge in [-0.3, -0.25) is 0 Å². The third-order valence-corrected chi connectivity index (χ3v) is 16.1. The van der Waals surface area contributed by atoms with Crippen LogP contribution in [-0.2, 0) is 0 Å². The van der Waals surface area contributed by atoms with E-state index in [1.807, 2.05) is 11.8 Å². The van der Waals surface area contributed by atoms with Crippen LogP contribution in [0.1, 0.15) is 5.56 Å². The van der Waals surface area contributed by atoms with Gasteiger partial charge in [0.15, 0.2) is 0 Å². The van der Waals surface area contributed by atoms with E-state index in [4.69, 9.17) is 0 Å². The van der Waals surface area contributed by atoms with E-state index >= 15 is 0 Å². The number of fused-ring (bicyclic) bond motifs is 2. The van der Waals surface area contributed by atoms with Gasteiger partial charge in [0.1, 0.15) is 0 Å². The van der Waals surface area contributed by atoms with Crippen molar-refractivity contribution in [1.29, 1.82) is 0 Å². The molecule has 102 valence electrons. The maximum atomic E-state index is 2.36. The molecule has 0 radical (unpaired) electrons. The molecule has 0 nitrogen and oxygen atoms in total. The van der Waals surface area contributed by atoms with E-state index in [1.54, 1.807) is 9.81 Å². The summed E-state index contributed by atoms with van der Waals surface area (Å²) in [6.07, 6.45) is 0. The molecule has 3 aromatic rings. The molecule has 0 atom stereocenters. The fourth-order valence-electron chi connectivity index (χ4n) is 2.68. The Morgan fingerprint density at radius 2 is 1.19 bits per heavy atom. The quantitative estimate of drug-likeness (QED) is 0.375. The van der Waals surface area contributed by atoms with Crippen molar-refractivity contribution >= 4 is 43.3 Å². The van der Waals surface area contributed by atoms with E-state index < -0.39 is 21.8 Å². The minimum absolute atomic E-state index is 1.34. The van der Waals surface area contributed by atoms with Gasteiger partial charge < -0.3 is 0 Å². The van der Waals surface area contributed by atoms with Gasteiger partial charge in [0.05, 0.1) is 0 Å². The monoisotopic (exact) mass is 484 g/mol. The molecule has 3 aromatic carbocycles. The molecule has 0 amide bonds. The van der Waals surface area contributed by atoms with Crippen molar-refractivity contribution in [2.75, 3.05) is 0 Å². The van der Waals surface area contributed by atoms with E-state index in [-0.39, 0.29) is 0 Å². The van der Waals surface area contributed by atoms with Crippen LogP contribution in [0.5, 0.6) is 0 Å². The zero-order valence-electron chi connectivity index (χ0n) is 11.8. The summed E-state index contributed by atoms with van der Waals surface area (Å²) in [7, 11) is 0. The fourth-order valence-corrected chi connectivity index (χ4v) is 15.3. The molecular formula is C19H15BiS. The van der Waals surface area contributed by atoms with Crippen LogP contribution in [0.2, 0.25) is 0 Å². The van der Waals surface area contributed by atoms with Gasteiger partial charge in [-0.2, -0.15) is 0 Å². The Hall–Kier alpha value is -1.11. The van der Waals surface area contributed by atoms with Gasteiger partial charge in [0.25, 0.3) is 0 Å². The summed E-state index contributed by atoms with van der Waals surface area (Å²) in [5, 5.41) is 0. The van der Waals surface area contributed by atoms with Crippen molar-refractivity contribution in [2.45, 2.75) is 16.7 Å². The van der Waals surface area contributed by atoms with E-state index in [9.17, 15) is 0 Å². The third-order valence-electron chi connectivity index (χ3n) is 3.72. The molecule has 0 saturated carbocycles. The van der Waals surface area contributed by atoms with E-state index in [0.29, 0.717) is 0 Å². The van der Waals surface area contributed by atoms with Gasteiger partial charge in [0, 0.05) is 0 Å². The van der Waals surface area contributed by atoms with Crippen molar-refractivity contribution in [3.63, 3.8) is 0 Å². The second-order valence-electron chi connectivity index (χ2n) is 5.21. The summed E-state index contributed by atoms with van der Waals surface area (Å²) in [6, 6.07) is 27.2.